The average molecular weight is 324 g/mol. The molecule has 1 aliphatic heterocycles. The highest BCUT2D eigenvalue weighted by atomic mass is 32.1. The molecule has 21 heavy (non-hydrogen) atoms. The van der Waals surface area contributed by atoms with Gasteiger partial charge in [-0.15, -0.1) is 22.7 Å². The van der Waals surface area contributed by atoms with E-state index in [4.69, 9.17) is 14.2 Å². The number of carbonyl (C=O) groups is 1. The second-order valence-corrected chi connectivity index (χ2v) is 6.78. The van der Waals surface area contributed by atoms with E-state index in [1.807, 2.05) is 35.0 Å². The quantitative estimate of drug-likeness (QED) is 0.800. The molecule has 2 aromatic rings. The van der Waals surface area contributed by atoms with Gasteiger partial charge in [-0.05, 0) is 36.7 Å². The third-order valence-electron chi connectivity index (χ3n) is 3.37. The summed E-state index contributed by atoms with van der Waals surface area (Å²) in [5.41, 5.74) is -1.13. The predicted molar refractivity (Wildman–Crippen MR) is 81.3 cm³/mol. The monoisotopic (exact) mass is 324 g/mol. The molecule has 0 saturated carbocycles. The van der Waals surface area contributed by atoms with E-state index in [1.54, 1.807) is 36.5 Å². The summed E-state index contributed by atoms with van der Waals surface area (Å²) in [5.74, 6) is -0.387. The van der Waals surface area contributed by atoms with Crippen molar-refractivity contribution in [2.75, 3.05) is 6.61 Å². The number of hydrogen-bond donors (Lipinski definition) is 0. The Bertz CT molecular complexity index is 593. The highest BCUT2D eigenvalue weighted by Gasteiger charge is 2.54. The Hall–Kier alpha value is -1.21. The first-order valence-corrected chi connectivity index (χ1v) is 8.48. The van der Waals surface area contributed by atoms with Crippen molar-refractivity contribution < 1.29 is 19.0 Å². The van der Waals surface area contributed by atoms with Gasteiger partial charge in [0.1, 0.15) is 6.10 Å². The second kappa shape index (κ2) is 5.88. The fourth-order valence-electron chi connectivity index (χ4n) is 2.32. The number of thiophene rings is 2. The Balaban J connectivity index is 1.93. The molecule has 0 radical (unpaired) electrons. The lowest BCUT2D eigenvalue weighted by molar-refractivity contribution is -0.170. The largest absolute Gasteiger partial charge is 0.464 e. The van der Waals surface area contributed by atoms with Crippen molar-refractivity contribution in [3.05, 3.63) is 44.8 Å². The number of carbonyl (C=O) groups excluding carboxylic acids is 1. The first-order chi connectivity index (χ1) is 10.1. The van der Waals surface area contributed by atoms with Crippen LogP contribution in [-0.2, 0) is 19.0 Å². The Morgan fingerprint density at radius 1 is 1.29 bits per heavy atom. The summed E-state index contributed by atoms with van der Waals surface area (Å²) < 4.78 is 17.2. The van der Waals surface area contributed by atoms with Gasteiger partial charge in [0.25, 0.3) is 0 Å². The molecule has 1 aliphatic rings. The van der Waals surface area contributed by atoms with Gasteiger partial charge >= 0.3 is 5.97 Å². The van der Waals surface area contributed by atoms with Crippen molar-refractivity contribution in [2.45, 2.75) is 31.8 Å². The second-order valence-electron chi connectivity index (χ2n) is 4.82. The van der Waals surface area contributed by atoms with Gasteiger partial charge in [0, 0.05) is 4.88 Å². The minimum Gasteiger partial charge on any atom is -0.464 e. The van der Waals surface area contributed by atoms with Crippen LogP contribution < -0.4 is 0 Å². The number of rotatable bonds is 4. The zero-order chi connectivity index (χ0) is 14.9. The molecule has 0 unspecified atom stereocenters. The third kappa shape index (κ3) is 2.64. The maximum absolute atomic E-state index is 12.4. The minimum absolute atomic E-state index is 0.318. The van der Waals surface area contributed by atoms with Gasteiger partial charge in [-0.1, -0.05) is 12.1 Å². The van der Waals surface area contributed by atoms with Gasteiger partial charge in [0.15, 0.2) is 11.9 Å². The van der Waals surface area contributed by atoms with E-state index >= 15 is 0 Å². The number of hydrogen-bond acceptors (Lipinski definition) is 6. The van der Waals surface area contributed by atoms with E-state index in [1.165, 1.54) is 0 Å². The van der Waals surface area contributed by atoms with E-state index < -0.39 is 18.0 Å². The molecule has 6 heteroatoms. The topological polar surface area (TPSA) is 44.8 Å². The van der Waals surface area contributed by atoms with Crippen LogP contribution in [0.1, 0.15) is 36.0 Å². The van der Waals surface area contributed by atoms with Gasteiger partial charge in [-0.25, -0.2) is 4.79 Å². The SMILES string of the molecule is CCOC(=O)[C@@]1(C)O[C@H](c2cccs2)O[C@@H]1c1cccs1. The Kier molecular flexibility index (Phi) is 4.12. The van der Waals surface area contributed by atoms with Crippen LogP contribution >= 0.6 is 22.7 Å². The fourth-order valence-corrected chi connectivity index (χ4v) is 3.89. The molecule has 112 valence electrons. The van der Waals surface area contributed by atoms with Crippen LogP contribution in [0.25, 0.3) is 0 Å². The lowest BCUT2D eigenvalue weighted by Gasteiger charge is -2.25. The summed E-state index contributed by atoms with van der Waals surface area (Å²) in [6.07, 6.45) is -0.991. The molecule has 3 atom stereocenters. The molecule has 4 nitrogen and oxygen atoms in total. The van der Waals surface area contributed by atoms with Crippen LogP contribution in [0.2, 0.25) is 0 Å². The summed E-state index contributed by atoms with van der Waals surface area (Å²) in [6, 6.07) is 7.77. The van der Waals surface area contributed by atoms with Crippen LogP contribution in [0.15, 0.2) is 35.0 Å². The molecule has 3 heterocycles. The molecule has 0 N–H and O–H groups in total. The van der Waals surface area contributed by atoms with Crippen molar-refractivity contribution >= 4 is 28.6 Å². The number of esters is 1. The smallest absolute Gasteiger partial charge is 0.341 e. The van der Waals surface area contributed by atoms with Crippen LogP contribution in [0, 0.1) is 0 Å². The van der Waals surface area contributed by atoms with E-state index in [0.717, 1.165) is 9.75 Å². The Morgan fingerprint density at radius 3 is 2.52 bits per heavy atom. The van der Waals surface area contributed by atoms with Crippen molar-refractivity contribution in [2.24, 2.45) is 0 Å². The summed E-state index contributed by atoms with van der Waals surface area (Å²) in [5, 5.41) is 3.92. The molecular formula is C15H16O4S2. The van der Waals surface area contributed by atoms with Crippen LogP contribution in [-0.4, -0.2) is 18.2 Å². The van der Waals surface area contributed by atoms with E-state index in [0.29, 0.717) is 6.61 Å². The minimum atomic E-state index is -1.13. The van der Waals surface area contributed by atoms with Crippen LogP contribution in [0.3, 0.4) is 0 Å². The molecule has 1 fully saturated rings. The maximum Gasteiger partial charge on any atom is 0.341 e. The first-order valence-electron chi connectivity index (χ1n) is 6.72. The van der Waals surface area contributed by atoms with Gasteiger partial charge < -0.3 is 14.2 Å². The van der Waals surface area contributed by atoms with Gasteiger partial charge in [-0.3, -0.25) is 0 Å². The fraction of sp³-hybridized carbons (Fsp3) is 0.400. The van der Waals surface area contributed by atoms with E-state index in [-0.39, 0.29) is 5.97 Å². The van der Waals surface area contributed by atoms with E-state index in [9.17, 15) is 4.79 Å². The molecule has 2 aromatic heterocycles. The Morgan fingerprint density at radius 2 is 1.95 bits per heavy atom. The summed E-state index contributed by atoms with van der Waals surface area (Å²) >= 11 is 3.09. The van der Waals surface area contributed by atoms with Gasteiger partial charge in [0.2, 0.25) is 0 Å². The lowest BCUT2D eigenvalue weighted by atomic mass is 9.98. The number of ether oxygens (including phenoxy) is 3. The van der Waals surface area contributed by atoms with Crippen molar-refractivity contribution in [1.82, 2.24) is 0 Å². The predicted octanol–water partition coefficient (Wildman–Crippen LogP) is 3.92. The van der Waals surface area contributed by atoms with Crippen molar-refractivity contribution in [3.63, 3.8) is 0 Å². The highest BCUT2D eigenvalue weighted by Crippen LogP contribution is 2.49. The van der Waals surface area contributed by atoms with Crippen molar-refractivity contribution in [1.29, 1.82) is 0 Å². The van der Waals surface area contributed by atoms with Gasteiger partial charge in [0.05, 0.1) is 11.5 Å². The molecule has 3 rings (SSSR count). The molecular weight excluding hydrogens is 308 g/mol. The Labute approximate surface area is 131 Å². The first kappa shape index (κ1) is 14.7. The summed E-state index contributed by atoms with van der Waals surface area (Å²) in [7, 11) is 0. The molecule has 0 amide bonds. The highest BCUT2D eigenvalue weighted by molar-refractivity contribution is 7.10. The van der Waals surface area contributed by atoms with Gasteiger partial charge in [-0.2, -0.15) is 0 Å². The standard InChI is InChI=1S/C15H16O4S2/c1-3-17-14(16)15(2)12(10-6-4-8-20-10)18-13(19-15)11-7-5-9-21-11/h4-9,12-13H,3H2,1-2H3/t12-,13-,15+/m1/s1. The molecule has 0 spiro atoms. The summed E-state index contributed by atoms with van der Waals surface area (Å²) in [4.78, 5) is 14.3. The third-order valence-corrected chi connectivity index (χ3v) is 5.18. The summed E-state index contributed by atoms with van der Waals surface area (Å²) in [6.45, 7) is 3.84. The maximum atomic E-state index is 12.4. The zero-order valence-electron chi connectivity index (χ0n) is 11.8. The lowest BCUT2D eigenvalue weighted by Crippen LogP contribution is -2.41. The van der Waals surface area contributed by atoms with Crippen LogP contribution in [0.5, 0.6) is 0 Å². The molecule has 0 aromatic carbocycles. The average Bonchev–Trinajstić information content (AvgIpc) is 3.19. The van der Waals surface area contributed by atoms with Crippen LogP contribution in [0.4, 0.5) is 0 Å². The molecule has 1 saturated heterocycles. The zero-order valence-corrected chi connectivity index (χ0v) is 13.4. The normalized spacial score (nSPS) is 28.7. The molecule has 0 aliphatic carbocycles. The van der Waals surface area contributed by atoms with Crippen molar-refractivity contribution in [3.8, 4) is 0 Å². The molecule has 0 bridgehead atoms. The van der Waals surface area contributed by atoms with E-state index in [2.05, 4.69) is 0 Å².